The molecule has 2 rings (SSSR count). The lowest BCUT2D eigenvalue weighted by atomic mass is 9.97. The number of rotatable bonds is 6. The van der Waals surface area contributed by atoms with E-state index in [0.29, 0.717) is 6.61 Å². The van der Waals surface area contributed by atoms with Crippen LogP contribution in [0.1, 0.15) is 42.4 Å². The summed E-state index contributed by atoms with van der Waals surface area (Å²) in [6.45, 7) is 9.77. The lowest BCUT2D eigenvalue weighted by Crippen LogP contribution is -2.23. The summed E-state index contributed by atoms with van der Waals surface area (Å²) in [6.07, 6.45) is 0. The Balaban J connectivity index is 2.48. The lowest BCUT2D eigenvalue weighted by Gasteiger charge is -2.22. The van der Waals surface area contributed by atoms with Crippen LogP contribution in [0.2, 0.25) is 0 Å². The Morgan fingerprint density at radius 1 is 1.10 bits per heavy atom. The first-order chi connectivity index (χ1) is 10.2. The van der Waals surface area contributed by atoms with Gasteiger partial charge in [0.1, 0.15) is 5.75 Å². The average Bonchev–Trinajstić information content (AvgIpc) is 2.45. The van der Waals surface area contributed by atoms with E-state index in [4.69, 9.17) is 4.74 Å². The van der Waals surface area contributed by atoms with Gasteiger partial charge in [-0.05, 0) is 51.1 Å². The van der Waals surface area contributed by atoms with Crippen LogP contribution in [0.3, 0.4) is 0 Å². The highest BCUT2D eigenvalue weighted by Crippen LogP contribution is 2.30. The third kappa shape index (κ3) is 3.82. The Morgan fingerprint density at radius 2 is 1.76 bits per heavy atom. The van der Waals surface area contributed by atoms with E-state index in [1.165, 1.54) is 11.1 Å². The zero-order valence-corrected chi connectivity index (χ0v) is 13.3. The van der Waals surface area contributed by atoms with Gasteiger partial charge >= 0.3 is 0 Å². The summed E-state index contributed by atoms with van der Waals surface area (Å²) < 4.78 is 5.79. The van der Waals surface area contributed by atoms with Gasteiger partial charge in [0.25, 0.3) is 0 Å². The molecule has 2 aromatic rings. The molecule has 0 aliphatic heterocycles. The van der Waals surface area contributed by atoms with Crippen LogP contribution >= 0.6 is 0 Å². The predicted molar refractivity (Wildman–Crippen MR) is 86.8 cm³/mol. The van der Waals surface area contributed by atoms with Crippen molar-refractivity contribution in [1.29, 1.82) is 0 Å². The Hall–Kier alpha value is -1.87. The van der Waals surface area contributed by atoms with Crippen LogP contribution in [0, 0.1) is 13.8 Å². The molecule has 0 aliphatic rings. The Morgan fingerprint density at radius 3 is 2.38 bits per heavy atom. The molecule has 1 unspecified atom stereocenters. The minimum Gasteiger partial charge on any atom is -0.494 e. The van der Waals surface area contributed by atoms with E-state index in [-0.39, 0.29) is 6.04 Å². The Bertz CT molecular complexity index is 575. The molecule has 1 aromatic carbocycles. The SMILES string of the molecule is CCNC(c1cc(C)nc(C)c1)c1ccccc1OCC. The van der Waals surface area contributed by atoms with Gasteiger partial charge in [0.15, 0.2) is 0 Å². The van der Waals surface area contributed by atoms with E-state index in [9.17, 15) is 0 Å². The standard InChI is InChI=1S/C18H24N2O/c1-5-19-18(15-11-13(3)20-14(4)12-15)16-9-7-8-10-17(16)21-6-2/h7-12,18-19H,5-6H2,1-4H3. The summed E-state index contributed by atoms with van der Waals surface area (Å²) in [5.74, 6) is 0.943. The second-order valence-corrected chi connectivity index (χ2v) is 5.14. The second kappa shape index (κ2) is 7.23. The number of hydrogen-bond donors (Lipinski definition) is 1. The van der Waals surface area contributed by atoms with Crippen molar-refractivity contribution in [2.45, 2.75) is 33.7 Å². The molecule has 0 spiro atoms. The van der Waals surface area contributed by atoms with Crippen LogP contribution in [-0.2, 0) is 0 Å². The van der Waals surface area contributed by atoms with Crippen molar-refractivity contribution in [3.8, 4) is 5.75 Å². The van der Waals surface area contributed by atoms with Crippen molar-refractivity contribution in [2.24, 2.45) is 0 Å². The highest BCUT2D eigenvalue weighted by molar-refractivity contribution is 5.42. The minimum absolute atomic E-state index is 0.123. The quantitative estimate of drug-likeness (QED) is 0.876. The van der Waals surface area contributed by atoms with Crippen molar-refractivity contribution in [1.82, 2.24) is 10.3 Å². The molecule has 21 heavy (non-hydrogen) atoms. The number of hydrogen-bond acceptors (Lipinski definition) is 3. The van der Waals surface area contributed by atoms with Crippen LogP contribution in [-0.4, -0.2) is 18.1 Å². The zero-order chi connectivity index (χ0) is 15.2. The smallest absolute Gasteiger partial charge is 0.124 e. The van der Waals surface area contributed by atoms with Gasteiger partial charge in [0.05, 0.1) is 12.6 Å². The molecule has 0 saturated carbocycles. The summed E-state index contributed by atoms with van der Waals surface area (Å²) >= 11 is 0. The number of benzene rings is 1. The normalized spacial score (nSPS) is 12.2. The van der Waals surface area contributed by atoms with Gasteiger partial charge in [-0.25, -0.2) is 0 Å². The Kier molecular flexibility index (Phi) is 5.34. The van der Waals surface area contributed by atoms with E-state index in [1.807, 2.05) is 32.9 Å². The summed E-state index contributed by atoms with van der Waals surface area (Å²) in [6, 6.07) is 12.6. The second-order valence-electron chi connectivity index (χ2n) is 5.14. The van der Waals surface area contributed by atoms with E-state index < -0.39 is 0 Å². The van der Waals surface area contributed by atoms with E-state index >= 15 is 0 Å². The maximum Gasteiger partial charge on any atom is 0.124 e. The molecule has 0 bridgehead atoms. The third-order valence-corrected chi connectivity index (χ3v) is 3.38. The van der Waals surface area contributed by atoms with Gasteiger partial charge in [-0.2, -0.15) is 0 Å². The van der Waals surface area contributed by atoms with Crippen LogP contribution in [0.15, 0.2) is 36.4 Å². The monoisotopic (exact) mass is 284 g/mol. The molecule has 1 N–H and O–H groups in total. The number of ether oxygens (including phenoxy) is 1. The van der Waals surface area contributed by atoms with Crippen LogP contribution in [0.5, 0.6) is 5.75 Å². The molecule has 0 radical (unpaired) electrons. The van der Waals surface area contributed by atoms with Gasteiger partial charge in [0.2, 0.25) is 0 Å². The molecule has 3 nitrogen and oxygen atoms in total. The summed E-state index contributed by atoms with van der Waals surface area (Å²) in [5.41, 5.74) is 4.49. The summed E-state index contributed by atoms with van der Waals surface area (Å²) in [5, 5.41) is 3.56. The molecule has 0 amide bonds. The number of nitrogens with one attached hydrogen (secondary N) is 1. The maximum atomic E-state index is 5.79. The van der Waals surface area contributed by atoms with Crippen molar-refractivity contribution in [2.75, 3.05) is 13.2 Å². The van der Waals surface area contributed by atoms with Crippen molar-refractivity contribution < 1.29 is 4.74 Å². The third-order valence-electron chi connectivity index (χ3n) is 3.38. The largest absolute Gasteiger partial charge is 0.494 e. The van der Waals surface area contributed by atoms with Crippen LogP contribution in [0.4, 0.5) is 0 Å². The van der Waals surface area contributed by atoms with Crippen LogP contribution in [0.25, 0.3) is 0 Å². The first kappa shape index (κ1) is 15.5. The zero-order valence-electron chi connectivity index (χ0n) is 13.3. The number of pyridine rings is 1. The van der Waals surface area contributed by atoms with Gasteiger partial charge in [-0.1, -0.05) is 25.1 Å². The topological polar surface area (TPSA) is 34.2 Å². The molecular weight excluding hydrogens is 260 g/mol. The first-order valence-corrected chi connectivity index (χ1v) is 7.56. The molecule has 0 saturated heterocycles. The fourth-order valence-corrected chi connectivity index (χ4v) is 2.65. The molecule has 112 valence electrons. The fraction of sp³-hybridized carbons (Fsp3) is 0.389. The van der Waals surface area contributed by atoms with E-state index in [2.05, 4.69) is 41.5 Å². The average molecular weight is 284 g/mol. The van der Waals surface area contributed by atoms with Gasteiger partial charge < -0.3 is 10.1 Å². The first-order valence-electron chi connectivity index (χ1n) is 7.56. The van der Waals surface area contributed by atoms with Gasteiger partial charge in [-0.15, -0.1) is 0 Å². The number of para-hydroxylation sites is 1. The highest BCUT2D eigenvalue weighted by Gasteiger charge is 2.18. The predicted octanol–water partition coefficient (Wildman–Crippen LogP) is 3.80. The van der Waals surface area contributed by atoms with Crippen LogP contribution < -0.4 is 10.1 Å². The maximum absolute atomic E-state index is 5.79. The van der Waals surface area contributed by atoms with Crippen molar-refractivity contribution >= 4 is 0 Å². The van der Waals surface area contributed by atoms with E-state index in [0.717, 1.165) is 23.7 Å². The minimum atomic E-state index is 0.123. The molecule has 0 fully saturated rings. The van der Waals surface area contributed by atoms with Gasteiger partial charge in [-0.3, -0.25) is 4.98 Å². The molecule has 0 aliphatic carbocycles. The van der Waals surface area contributed by atoms with Crippen molar-refractivity contribution in [3.63, 3.8) is 0 Å². The van der Waals surface area contributed by atoms with E-state index in [1.54, 1.807) is 0 Å². The lowest BCUT2D eigenvalue weighted by molar-refractivity contribution is 0.333. The summed E-state index contributed by atoms with van der Waals surface area (Å²) in [7, 11) is 0. The molecule has 1 atom stereocenters. The molecule has 1 aromatic heterocycles. The van der Waals surface area contributed by atoms with Crippen molar-refractivity contribution in [3.05, 3.63) is 58.9 Å². The Labute approximate surface area is 127 Å². The molecule has 1 heterocycles. The molecule has 3 heteroatoms. The number of nitrogens with zero attached hydrogens (tertiary/aromatic N) is 1. The summed E-state index contributed by atoms with van der Waals surface area (Å²) in [4.78, 5) is 4.47. The molecular formula is C18H24N2O. The highest BCUT2D eigenvalue weighted by atomic mass is 16.5. The number of aromatic nitrogens is 1. The number of aryl methyl sites for hydroxylation is 2. The van der Waals surface area contributed by atoms with Gasteiger partial charge in [0, 0.05) is 17.0 Å². The fourth-order valence-electron chi connectivity index (χ4n) is 2.65.